The van der Waals surface area contributed by atoms with Crippen molar-refractivity contribution in [2.24, 2.45) is 11.7 Å². The molecule has 3 amide bonds. The van der Waals surface area contributed by atoms with Gasteiger partial charge in [-0.3, -0.25) is 19.7 Å². The van der Waals surface area contributed by atoms with Gasteiger partial charge in [0.1, 0.15) is 5.75 Å². The van der Waals surface area contributed by atoms with E-state index in [0.29, 0.717) is 16.7 Å². The Hall–Kier alpha value is -3.40. The van der Waals surface area contributed by atoms with E-state index in [1.165, 1.54) is 11.8 Å². The molecule has 10 heteroatoms. The Bertz CT molecular complexity index is 1020. The molecule has 9 nitrogen and oxygen atoms in total. The third-order valence-corrected chi connectivity index (χ3v) is 5.73. The van der Waals surface area contributed by atoms with Crippen LogP contribution in [0.25, 0.3) is 17.1 Å². The Morgan fingerprint density at radius 2 is 1.77 bits per heavy atom. The molecular formula is C20H22N6O3S. The van der Waals surface area contributed by atoms with Gasteiger partial charge in [0.25, 0.3) is 0 Å². The minimum absolute atomic E-state index is 0.0836. The number of primary amides is 1. The molecule has 0 fully saturated rings. The number of aromatic nitrogens is 4. The van der Waals surface area contributed by atoms with Crippen molar-refractivity contribution in [3.63, 3.8) is 0 Å². The number of carbonyl (C=O) groups is 2. The molecule has 0 radical (unpaired) electrons. The maximum atomic E-state index is 12.5. The Labute approximate surface area is 178 Å². The number of nitrogens with zero attached hydrogens (tertiary/aromatic N) is 4. The van der Waals surface area contributed by atoms with Crippen molar-refractivity contribution in [1.82, 2.24) is 25.1 Å². The fourth-order valence-electron chi connectivity index (χ4n) is 2.80. The van der Waals surface area contributed by atoms with Crippen molar-refractivity contribution in [1.29, 1.82) is 0 Å². The number of nitrogens with two attached hydrogens (primary N) is 1. The van der Waals surface area contributed by atoms with E-state index >= 15 is 0 Å². The third kappa shape index (κ3) is 4.77. The van der Waals surface area contributed by atoms with E-state index in [4.69, 9.17) is 10.5 Å². The van der Waals surface area contributed by atoms with Gasteiger partial charge in [-0.2, -0.15) is 0 Å². The van der Waals surface area contributed by atoms with Crippen LogP contribution in [0.1, 0.15) is 13.8 Å². The summed E-state index contributed by atoms with van der Waals surface area (Å²) in [6.45, 7) is 3.77. The number of benzene rings is 1. The van der Waals surface area contributed by atoms with Crippen molar-refractivity contribution in [3.8, 4) is 22.8 Å². The number of pyridine rings is 1. The van der Waals surface area contributed by atoms with Crippen LogP contribution in [-0.2, 0) is 4.79 Å². The second kappa shape index (κ2) is 9.40. The summed E-state index contributed by atoms with van der Waals surface area (Å²) < 4.78 is 7.10. The van der Waals surface area contributed by atoms with Gasteiger partial charge in [-0.1, -0.05) is 25.6 Å². The second-order valence-corrected chi connectivity index (χ2v) is 7.82. The zero-order valence-corrected chi connectivity index (χ0v) is 17.6. The first-order valence-corrected chi connectivity index (χ1v) is 10.1. The molecule has 0 aliphatic heterocycles. The SMILES string of the molecule is COc1ccc(-n2c(S[C@@H](C(=O)NC(N)=O)C(C)C)nnc2-c2ccncc2)cc1. The number of thioether (sulfide) groups is 1. The van der Waals surface area contributed by atoms with Gasteiger partial charge >= 0.3 is 6.03 Å². The molecule has 0 saturated carbocycles. The van der Waals surface area contributed by atoms with Crippen LogP contribution in [0.3, 0.4) is 0 Å². The molecule has 3 N–H and O–H groups in total. The van der Waals surface area contributed by atoms with Crippen LogP contribution in [0.15, 0.2) is 53.9 Å². The summed E-state index contributed by atoms with van der Waals surface area (Å²) in [6, 6.07) is 10.2. The number of hydrogen-bond donors (Lipinski definition) is 2. The van der Waals surface area contributed by atoms with Crippen molar-refractivity contribution in [3.05, 3.63) is 48.8 Å². The summed E-state index contributed by atoms with van der Waals surface area (Å²) in [5, 5.41) is 10.7. The molecule has 2 heterocycles. The monoisotopic (exact) mass is 426 g/mol. The van der Waals surface area contributed by atoms with E-state index in [9.17, 15) is 9.59 Å². The maximum Gasteiger partial charge on any atom is 0.318 e. The van der Waals surface area contributed by atoms with Gasteiger partial charge in [0.05, 0.1) is 12.4 Å². The average molecular weight is 427 g/mol. The Kier molecular flexibility index (Phi) is 6.68. The number of imide groups is 1. The quantitative estimate of drug-likeness (QED) is 0.556. The fourth-order valence-corrected chi connectivity index (χ4v) is 3.85. The number of rotatable bonds is 7. The molecule has 2 aromatic heterocycles. The molecule has 0 saturated heterocycles. The van der Waals surface area contributed by atoms with E-state index in [1.807, 2.05) is 54.8 Å². The predicted octanol–water partition coefficient (Wildman–Crippen LogP) is 2.65. The topological polar surface area (TPSA) is 125 Å². The van der Waals surface area contributed by atoms with E-state index in [0.717, 1.165) is 11.3 Å². The number of nitrogens with one attached hydrogen (secondary N) is 1. The molecule has 0 unspecified atom stereocenters. The fraction of sp³-hybridized carbons (Fsp3) is 0.250. The van der Waals surface area contributed by atoms with Crippen molar-refractivity contribution in [2.75, 3.05) is 7.11 Å². The Morgan fingerprint density at radius 1 is 1.10 bits per heavy atom. The highest BCUT2D eigenvalue weighted by atomic mass is 32.2. The summed E-state index contributed by atoms with van der Waals surface area (Å²) in [7, 11) is 1.60. The lowest BCUT2D eigenvalue weighted by Crippen LogP contribution is -2.42. The summed E-state index contributed by atoms with van der Waals surface area (Å²) in [5.74, 6) is 0.757. The van der Waals surface area contributed by atoms with Crippen LogP contribution in [0.4, 0.5) is 4.79 Å². The molecular weight excluding hydrogens is 404 g/mol. The molecule has 0 aliphatic carbocycles. The molecule has 3 rings (SSSR count). The normalized spacial score (nSPS) is 11.9. The van der Waals surface area contributed by atoms with E-state index < -0.39 is 17.2 Å². The Balaban J connectivity index is 2.06. The number of hydrogen-bond acceptors (Lipinski definition) is 7. The van der Waals surface area contributed by atoms with Gasteiger partial charge in [0.15, 0.2) is 11.0 Å². The number of methoxy groups -OCH3 is 1. The van der Waals surface area contributed by atoms with Crippen LogP contribution in [0.2, 0.25) is 0 Å². The lowest BCUT2D eigenvalue weighted by Gasteiger charge is -2.19. The molecule has 3 aromatic rings. The molecule has 0 aliphatic rings. The third-order valence-electron chi connectivity index (χ3n) is 4.25. The van der Waals surface area contributed by atoms with E-state index in [-0.39, 0.29) is 5.92 Å². The number of carbonyl (C=O) groups excluding carboxylic acids is 2. The molecule has 1 aromatic carbocycles. The zero-order chi connectivity index (χ0) is 21.7. The van der Waals surface area contributed by atoms with Gasteiger partial charge in [0, 0.05) is 23.6 Å². The molecule has 0 bridgehead atoms. The van der Waals surface area contributed by atoms with Crippen LogP contribution >= 0.6 is 11.8 Å². The van der Waals surface area contributed by atoms with Gasteiger partial charge in [-0.05, 0) is 42.3 Å². The Morgan fingerprint density at radius 3 is 2.33 bits per heavy atom. The lowest BCUT2D eigenvalue weighted by atomic mass is 10.1. The highest BCUT2D eigenvalue weighted by Crippen LogP contribution is 2.33. The maximum absolute atomic E-state index is 12.5. The summed E-state index contributed by atoms with van der Waals surface area (Å²) in [6.07, 6.45) is 3.35. The van der Waals surface area contributed by atoms with Crippen LogP contribution < -0.4 is 15.8 Å². The zero-order valence-electron chi connectivity index (χ0n) is 16.8. The largest absolute Gasteiger partial charge is 0.497 e. The first kappa shape index (κ1) is 21.3. The first-order chi connectivity index (χ1) is 14.4. The first-order valence-electron chi connectivity index (χ1n) is 9.18. The number of amides is 3. The second-order valence-electron chi connectivity index (χ2n) is 6.71. The lowest BCUT2D eigenvalue weighted by molar-refractivity contribution is -0.120. The minimum atomic E-state index is -0.889. The van der Waals surface area contributed by atoms with Crippen molar-refractivity contribution < 1.29 is 14.3 Å². The van der Waals surface area contributed by atoms with Crippen molar-refractivity contribution in [2.45, 2.75) is 24.3 Å². The highest BCUT2D eigenvalue weighted by molar-refractivity contribution is 8.00. The van der Waals surface area contributed by atoms with Crippen LogP contribution in [0.5, 0.6) is 5.75 Å². The smallest absolute Gasteiger partial charge is 0.318 e. The highest BCUT2D eigenvalue weighted by Gasteiger charge is 2.28. The van der Waals surface area contributed by atoms with E-state index in [1.54, 1.807) is 19.5 Å². The molecule has 1 atom stereocenters. The van der Waals surface area contributed by atoms with Gasteiger partial charge in [-0.25, -0.2) is 4.79 Å². The van der Waals surface area contributed by atoms with Crippen molar-refractivity contribution >= 4 is 23.7 Å². The summed E-state index contributed by atoms with van der Waals surface area (Å²) >= 11 is 1.22. The van der Waals surface area contributed by atoms with E-state index in [2.05, 4.69) is 20.5 Å². The summed E-state index contributed by atoms with van der Waals surface area (Å²) in [4.78, 5) is 27.7. The molecule has 30 heavy (non-hydrogen) atoms. The number of ether oxygens (including phenoxy) is 1. The number of urea groups is 1. The minimum Gasteiger partial charge on any atom is -0.497 e. The van der Waals surface area contributed by atoms with Crippen LogP contribution in [0, 0.1) is 5.92 Å². The predicted molar refractivity (Wildman–Crippen MR) is 113 cm³/mol. The van der Waals surface area contributed by atoms with Gasteiger partial charge in [-0.15, -0.1) is 10.2 Å². The van der Waals surface area contributed by atoms with Crippen LogP contribution in [-0.4, -0.2) is 44.0 Å². The molecule has 156 valence electrons. The van der Waals surface area contributed by atoms with Gasteiger partial charge in [0.2, 0.25) is 5.91 Å². The standard InChI is InChI=1S/C20H22N6O3S/c1-12(2)16(18(27)23-19(21)28)30-20-25-24-17(13-8-10-22-11-9-13)26(20)14-4-6-15(29-3)7-5-14/h4-12,16H,1-3H3,(H3,21,23,27,28)/t16-/m1/s1. The summed E-state index contributed by atoms with van der Waals surface area (Å²) in [5.41, 5.74) is 6.74. The van der Waals surface area contributed by atoms with Gasteiger partial charge < -0.3 is 10.5 Å². The molecule has 0 spiro atoms. The average Bonchev–Trinajstić information content (AvgIpc) is 3.15.